The molecule has 0 aromatic heterocycles. The predicted octanol–water partition coefficient (Wildman–Crippen LogP) is 1.50. The molecule has 0 spiro atoms. The molecule has 5 nitrogen and oxygen atoms in total. The highest BCUT2D eigenvalue weighted by atomic mass is 32.2. The Morgan fingerprint density at radius 3 is 2.67 bits per heavy atom. The molecule has 2 rings (SSSR count). The predicted molar refractivity (Wildman–Crippen MR) is 80.9 cm³/mol. The van der Waals surface area contributed by atoms with E-state index in [0.29, 0.717) is 13.1 Å². The van der Waals surface area contributed by atoms with Gasteiger partial charge in [0.15, 0.2) is 0 Å². The first-order chi connectivity index (χ1) is 9.95. The molecular formula is C15H21N3O2S. The first-order valence-electron chi connectivity index (χ1n) is 7.17. The average molecular weight is 307 g/mol. The maximum atomic E-state index is 12.6. The van der Waals surface area contributed by atoms with E-state index in [1.54, 1.807) is 24.3 Å². The van der Waals surface area contributed by atoms with Gasteiger partial charge in [0.1, 0.15) is 0 Å². The highest BCUT2D eigenvalue weighted by Gasteiger charge is 2.31. The van der Waals surface area contributed by atoms with Crippen molar-refractivity contribution in [2.75, 3.05) is 13.1 Å². The summed E-state index contributed by atoms with van der Waals surface area (Å²) in [5.74, 6) is 0.214. The zero-order valence-corrected chi connectivity index (χ0v) is 13.0. The molecule has 1 fully saturated rings. The average Bonchev–Trinajstić information content (AvgIpc) is 2.48. The molecule has 0 radical (unpaired) electrons. The van der Waals surface area contributed by atoms with Crippen molar-refractivity contribution in [3.63, 3.8) is 0 Å². The molecule has 21 heavy (non-hydrogen) atoms. The summed E-state index contributed by atoms with van der Waals surface area (Å²) in [6, 6.07) is 8.61. The fourth-order valence-corrected chi connectivity index (χ4v) is 4.18. The molecule has 114 valence electrons. The van der Waals surface area contributed by atoms with E-state index in [2.05, 4.69) is 6.07 Å². The molecule has 0 amide bonds. The standard InChI is InChI=1S/C15H21N3O2S/c1-12(17)14-3-2-10-18(11-14)21(19,20)15-6-4-13(5-7-15)8-9-16/h4-7,12,14H,2-3,8,10-11,17H2,1H3. The Balaban J connectivity index is 2.19. The molecule has 1 aromatic carbocycles. The monoisotopic (exact) mass is 307 g/mol. The highest BCUT2D eigenvalue weighted by molar-refractivity contribution is 7.89. The van der Waals surface area contributed by atoms with Gasteiger partial charge in [0.05, 0.1) is 17.4 Å². The third-order valence-corrected chi connectivity index (χ3v) is 5.89. The van der Waals surface area contributed by atoms with Gasteiger partial charge in [-0.25, -0.2) is 8.42 Å². The van der Waals surface area contributed by atoms with Crippen molar-refractivity contribution in [3.8, 4) is 6.07 Å². The zero-order chi connectivity index (χ0) is 15.5. The first-order valence-corrected chi connectivity index (χ1v) is 8.61. The van der Waals surface area contributed by atoms with Crippen LogP contribution in [0.3, 0.4) is 0 Å². The quantitative estimate of drug-likeness (QED) is 0.913. The second kappa shape index (κ2) is 6.56. The van der Waals surface area contributed by atoms with E-state index >= 15 is 0 Å². The molecule has 1 aromatic rings. The Morgan fingerprint density at radius 1 is 1.43 bits per heavy atom. The molecule has 0 aliphatic carbocycles. The van der Waals surface area contributed by atoms with Crippen LogP contribution in [0.5, 0.6) is 0 Å². The molecule has 1 saturated heterocycles. The first kappa shape index (κ1) is 16.0. The molecule has 2 N–H and O–H groups in total. The van der Waals surface area contributed by atoms with Crippen LogP contribution in [0.2, 0.25) is 0 Å². The third-order valence-electron chi connectivity index (χ3n) is 4.01. The summed E-state index contributed by atoms with van der Waals surface area (Å²) in [4.78, 5) is 0.287. The molecule has 6 heteroatoms. The van der Waals surface area contributed by atoms with Crippen LogP contribution in [-0.4, -0.2) is 31.9 Å². The maximum absolute atomic E-state index is 12.6. The van der Waals surface area contributed by atoms with Crippen LogP contribution in [0.1, 0.15) is 25.3 Å². The fourth-order valence-electron chi connectivity index (χ4n) is 2.64. The molecule has 0 bridgehead atoms. The number of nitriles is 1. The van der Waals surface area contributed by atoms with Crippen LogP contribution in [0, 0.1) is 17.2 Å². The number of nitrogens with zero attached hydrogens (tertiary/aromatic N) is 2. The zero-order valence-electron chi connectivity index (χ0n) is 12.2. The van der Waals surface area contributed by atoms with Gasteiger partial charge in [0, 0.05) is 19.1 Å². The minimum atomic E-state index is -3.47. The topological polar surface area (TPSA) is 87.2 Å². The molecule has 1 heterocycles. The van der Waals surface area contributed by atoms with Crippen LogP contribution < -0.4 is 5.73 Å². The van der Waals surface area contributed by atoms with Crippen LogP contribution >= 0.6 is 0 Å². The minimum absolute atomic E-state index is 0.000930. The van der Waals surface area contributed by atoms with Gasteiger partial charge in [-0.15, -0.1) is 0 Å². The van der Waals surface area contributed by atoms with Crippen LogP contribution in [0.4, 0.5) is 0 Å². The Kier molecular flexibility index (Phi) is 4.99. The Labute approximate surface area is 126 Å². The normalized spacial score (nSPS) is 21.7. The van der Waals surface area contributed by atoms with Crippen LogP contribution in [-0.2, 0) is 16.4 Å². The summed E-state index contributed by atoms with van der Waals surface area (Å²) in [6.07, 6.45) is 2.11. The Bertz CT molecular complexity index is 617. The Morgan fingerprint density at radius 2 is 2.10 bits per heavy atom. The number of piperidine rings is 1. The molecule has 1 aliphatic rings. The molecule has 2 atom stereocenters. The van der Waals surface area contributed by atoms with Gasteiger partial charge in [-0.2, -0.15) is 9.57 Å². The summed E-state index contributed by atoms with van der Waals surface area (Å²) >= 11 is 0. The highest BCUT2D eigenvalue weighted by Crippen LogP contribution is 2.25. The van der Waals surface area contributed by atoms with E-state index in [4.69, 9.17) is 11.0 Å². The lowest BCUT2D eigenvalue weighted by molar-refractivity contribution is 0.243. The van der Waals surface area contributed by atoms with E-state index in [-0.39, 0.29) is 23.3 Å². The lowest BCUT2D eigenvalue weighted by Crippen LogP contribution is -2.44. The lowest BCUT2D eigenvalue weighted by atomic mass is 9.93. The van der Waals surface area contributed by atoms with Crippen molar-refractivity contribution >= 4 is 10.0 Å². The van der Waals surface area contributed by atoms with E-state index in [1.807, 2.05) is 6.92 Å². The number of benzene rings is 1. The van der Waals surface area contributed by atoms with Crippen LogP contribution in [0.25, 0.3) is 0 Å². The lowest BCUT2D eigenvalue weighted by Gasteiger charge is -2.33. The van der Waals surface area contributed by atoms with Crippen molar-refractivity contribution in [1.82, 2.24) is 4.31 Å². The maximum Gasteiger partial charge on any atom is 0.243 e. The number of hydrogen-bond donors (Lipinski definition) is 1. The summed E-state index contributed by atoms with van der Waals surface area (Å²) in [7, 11) is -3.47. The number of sulfonamides is 1. The smallest absolute Gasteiger partial charge is 0.243 e. The summed E-state index contributed by atoms with van der Waals surface area (Å²) < 4.78 is 26.8. The second-order valence-electron chi connectivity index (χ2n) is 5.60. The second-order valence-corrected chi connectivity index (χ2v) is 7.54. The van der Waals surface area contributed by atoms with E-state index in [0.717, 1.165) is 18.4 Å². The summed E-state index contributed by atoms with van der Waals surface area (Å²) in [6.45, 7) is 2.96. The van der Waals surface area contributed by atoms with Gasteiger partial charge in [-0.3, -0.25) is 0 Å². The molecule has 1 aliphatic heterocycles. The van der Waals surface area contributed by atoms with Crippen molar-refractivity contribution in [1.29, 1.82) is 5.26 Å². The summed E-state index contributed by atoms with van der Waals surface area (Å²) in [5.41, 5.74) is 6.74. The van der Waals surface area contributed by atoms with Crippen molar-refractivity contribution in [3.05, 3.63) is 29.8 Å². The molecular weight excluding hydrogens is 286 g/mol. The summed E-state index contributed by atoms with van der Waals surface area (Å²) in [5, 5.41) is 8.65. The molecule has 2 unspecified atom stereocenters. The van der Waals surface area contributed by atoms with Gasteiger partial charge in [-0.1, -0.05) is 12.1 Å². The van der Waals surface area contributed by atoms with Crippen molar-refractivity contribution in [2.45, 2.75) is 37.1 Å². The SMILES string of the molecule is CC(N)C1CCCN(S(=O)(=O)c2ccc(CC#N)cc2)C1. The minimum Gasteiger partial charge on any atom is -0.328 e. The van der Waals surface area contributed by atoms with E-state index in [1.165, 1.54) is 4.31 Å². The van der Waals surface area contributed by atoms with Gasteiger partial charge in [-0.05, 0) is 43.4 Å². The number of nitrogens with two attached hydrogens (primary N) is 1. The fraction of sp³-hybridized carbons (Fsp3) is 0.533. The number of rotatable bonds is 4. The van der Waals surface area contributed by atoms with Crippen molar-refractivity contribution in [2.24, 2.45) is 11.7 Å². The largest absolute Gasteiger partial charge is 0.328 e. The van der Waals surface area contributed by atoms with E-state index < -0.39 is 10.0 Å². The third kappa shape index (κ3) is 3.62. The molecule has 0 saturated carbocycles. The Hall–Kier alpha value is -1.42. The van der Waals surface area contributed by atoms with Gasteiger partial charge >= 0.3 is 0 Å². The van der Waals surface area contributed by atoms with Gasteiger partial charge in [0.2, 0.25) is 10.0 Å². The van der Waals surface area contributed by atoms with Gasteiger partial charge in [0.25, 0.3) is 0 Å². The number of hydrogen-bond acceptors (Lipinski definition) is 4. The van der Waals surface area contributed by atoms with E-state index in [9.17, 15) is 8.42 Å². The van der Waals surface area contributed by atoms with Crippen molar-refractivity contribution < 1.29 is 8.42 Å². The van der Waals surface area contributed by atoms with Gasteiger partial charge < -0.3 is 5.73 Å². The van der Waals surface area contributed by atoms with Crippen LogP contribution in [0.15, 0.2) is 29.2 Å².